The Morgan fingerprint density at radius 2 is 1.95 bits per heavy atom. The van der Waals surface area contributed by atoms with Gasteiger partial charge >= 0.3 is 0 Å². The van der Waals surface area contributed by atoms with Gasteiger partial charge in [-0.25, -0.2) is 0 Å². The van der Waals surface area contributed by atoms with Crippen molar-refractivity contribution in [2.45, 2.75) is 31.7 Å². The molecule has 1 aromatic rings. The van der Waals surface area contributed by atoms with E-state index in [1.807, 2.05) is 24.3 Å². The number of nitrogens with one attached hydrogen (secondary N) is 2. The maximum absolute atomic E-state index is 11.9. The number of rotatable bonds is 5. The first-order chi connectivity index (χ1) is 9.20. The quantitative estimate of drug-likeness (QED) is 0.871. The number of hydrogen-bond donors (Lipinski definition) is 2. The number of carbonyl (C=O) groups excluding carboxylic acids is 1. The molecule has 1 aliphatic rings. The summed E-state index contributed by atoms with van der Waals surface area (Å²) in [6.45, 7) is 0.358. The number of halogens is 1. The van der Waals surface area contributed by atoms with Crippen LogP contribution in [0.5, 0.6) is 0 Å². The van der Waals surface area contributed by atoms with Crippen molar-refractivity contribution in [3.05, 3.63) is 34.9 Å². The van der Waals surface area contributed by atoms with Crippen LogP contribution in [0.1, 0.15) is 37.3 Å². The molecular weight excluding hydrogens is 260 g/mol. The van der Waals surface area contributed by atoms with Crippen LogP contribution in [0.15, 0.2) is 24.3 Å². The molecule has 3 nitrogen and oxygen atoms in total. The maximum atomic E-state index is 11.9. The topological polar surface area (TPSA) is 41.1 Å². The highest BCUT2D eigenvalue weighted by molar-refractivity contribution is 6.30. The molecule has 19 heavy (non-hydrogen) atoms. The largest absolute Gasteiger partial charge is 0.348 e. The number of amides is 1. The predicted octanol–water partition coefficient (Wildman–Crippen LogP) is 2.91. The first-order valence-corrected chi connectivity index (χ1v) is 7.28. The van der Waals surface area contributed by atoms with Gasteiger partial charge in [-0.15, -0.1) is 0 Å². The van der Waals surface area contributed by atoms with Gasteiger partial charge in [0.2, 0.25) is 5.91 Å². The molecule has 1 amide bonds. The summed E-state index contributed by atoms with van der Waals surface area (Å²) in [5.74, 6) is 0.594. The smallest absolute Gasteiger partial charge is 0.234 e. The third-order valence-electron chi connectivity index (χ3n) is 3.75. The third kappa shape index (κ3) is 3.95. The molecule has 2 rings (SSSR count). The molecule has 104 valence electrons. The second-order valence-corrected chi connectivity index (χ2v) is 5.61. The van der Waals surface area contributed by atoms with E-state index in [0.717, 1.165) is 10.6 Å². The zero-order chi connectivity index (χ0) is 13.7. The van der Waals surface area contributed by atoms with E-state index >= 15 is 0 Å². The van der Waals surface area contributed by atoms with Gasteiger partial charge in [0.15, 0.2) is 0 Å². The second kappa shape index (κ2) is 6.92. The average molecular weight is 281 g/mol. The van der Waals surface area contributed by atoms with Crippen LogP contribution in [-0.2, 0) is 4.79 Å². The molecule has 0 bridgehead atoms. The van der Waals surface area contributed by atoms with Gasteiger partial charge in [-0.2, -0.15) is 0 Å². The van der Waals surface area contributed by atoms with Crippen molar-refractivity contribution in [3.63, 3.8) is 0 Å². The summed E-state index contributed by atoms with van der Waals surface area (Å²) in [5, 5.41) is 6.77. The van der Waals surface area contributed by atoms with E-state index in [1.165, 1.54) is 25.7 Å². The first kappa shape index (κ1) is 14.4. The Hall–Kier alpha value is -1.06. The van der Waals surface area contributed by atoms with Crippen molar-refractivity contribution in [2.75, 3.05) is 13.6 Å². The van der Waals surface area contributed by atoms with Gasteiger partial charge in [0.25, 0.3) is 0 Å². The maximum Gasteiger partial charge on any atom is 0.234 e. The average Bonchev–Trinajstić information content (AvgIpc) is 2.91. The van der Waals surface area contributed by atoms with E-state index in [-0.39, 0.29) is 11.9 Å². The van der Waals surface area contributed by atoms with Gasteiger partial charge < -0.3 is 10.6 Å². The molecule has 0 spiro atoms. The lowest BCUT2D eigenvalue weighted by molar-refractivity contribution is -0.121. The lowest BCUT2D eigenvalue weighted by Crippen LogP contribution is -2.37. The fourth-order valence-corrected chi connectivity index (χ4v) is 2.95. The van der Waals surface area contributed by atoms with Crippen LogP contribution in [0.2, 0.25) is 5.02 Å². The monoisotopic (exact) mass is 280 g/mol. The molecule has 1 saturated carbocycles. The van der Waals surface area contributed by atoms with Crippen LogP contribution in [-0.4, -0.2) is 19.5 Å². The molecule has 1 aromatic carbocycles. The zero-order valence-corrected chi connectivity index (χ0v) is 12.0. The van der Waals surface area contributed by atoms with Crippen molar-refractivity contribution in [3.8, 4) is 0 Å². The molecule has 4 heteroatoms. The van der Waals surface area contributed by atoms with Crippen LogP contribution >= 0.6 is 11.6 Å². The Balaban J connectivity index is 2.13. The van der Waals surface area contributed by atoms with Gasteiger partial charge in [-0.1, -0.05) is 36.6 Å². The molecule has 1 unspecified atom stereocenters. The lowest BCUT2D eigenvalue weighted by Gasteiger charge is -2.25. The summed E-state index contributed by atoms with van der Waals surface area (Å²) in [5.41, 5.74) is 1.15. The van der Waals surface area contributed by atoms with Gasteiger partial charge in [-0.3, -0.25) is 4.79 Å². The number of benzene rings is 1. The van der Waals surface area contributed by atoms with Crippen molar-refractivity contribution in [2.24, 2.45) is 5.92 Å². The van der Waals surface area contributed by atoms with E-state index in [4.69, 9.17) is 11.6 Å². The molecule has 1 fully saturated rings. The zero-order valence-electron chi connectivity index (χ0n) is 11.3. The highest BCUT2D eigenvalue weighted by atomic mass is 35.5. The molecule has 0 saturated heterocycles. The molecule has 1 atom stereocenters. The molecule has 0 aliphatic heterocycles. The highest BCUT2D eigenvalue weighted by Gasteiger charge is 2.27. The van der Waals surface area contributed by atoms with E-state index in [2.05, 4.69) is 10.6 Å². The van der Waals surface area contributed by atoms with Gasteiger partial charge in [0.05, 0.1) is 12.6 Å². The van der Waals surface area contributed by atoms with Gasteiger partial charge in [-0.05, 0) is 43.5 Å². The van der Waals surface area contributed by atoms with E-state index in [9.17, 15) is 4.79 Å². The highest BCUT2D eigenvalue weighted by Crippen LogP contribution is 2.35. The number of likely N-dealkylation sites (N-methyl/N-ethyl adjacent to an activating group) is 1. The first-order valence-electron chi connectivity index (χ1n) is 6.90. The summed E-state index contributed by atoms with van der Waals surface area (Å²) in [7, 11) is 1.78. The van der Waals surface area contributed by atoms with E-state index in [0.29, 0.717) is 12.5 Å². The summed E-state index contributed by atoms with van der Waals surface area (Å²) in [6, 6.07) is 7.93. The molecule has 0 aromatic heterocycles. The van der Waals surface area contributed by atoms with Gasteiger partial charge in [0, 0.05) is 5.02 Å². The van der Waals surface area contributed by atoms with Crippen molar-refractivity contribution < 1.29 is 4.79 Å². The van der Waals surface area contributed by atoms with E-state index < -0.39 is 0 Å². The van der Waals surface area contributed by atoms with Crippen molar-refractivity contribution in [1.82, 2.24) is 10.6 Å². The molecule has 1 aliphatic carbocycles. The minimum atomic E-state index is 0.0503. The van der Waals surface area contributed by atoms with Crippen LogP contribution in [0.25, 0.3) is 0 Å². The third-order valence-corrected chi connectivity index (χ3v) is 4.01. The Labute approximate surface area is 119 Å². The Bertz CT molecular complexity index is 413. The normalized spacial score (nSPS) is 17.4. The summed E-state index contributed by atoms with van der Waals surface area (Å²) in [6.07, 6.45) is 4.90. The number of hydrogen-bond acceptors (Lipinski definition) is 2. The fraction of sp³-hybridized carbons (Fsp3) is 0.533. The SMILES string of the molecule is CNCC(=O)NC(c1ccc(Cl)cc1)C1CCCC1. The van der Waals surface area contributed by atoms with Crippen molar-refractivity contribution >= 4 is 17.5 Å². The molecule has 0 radical (unpaired) electrons. The summed E-state index contributed by atoms with van der Waals surface area (Å²) >= 11 is 5.93. The standard InChI is InChI=1S/C15H21ClN2O/c1-17-10-14(19)18-15(11-4-2-3-5-11)12-6-8-13(16)9-7-12/h6-9,11,15,17H,2-5,10H2,1H3,(H,18,19). The minimum absolute atomic E-state index is 0.0503. The Kier molecular flexibility index (Phi) is 5.23. The minimum Gasteiger partial charge on any atom is -0.348 e. The van der Waals surface area contributed by atoms with Crippen LogP contribution in [0, 0.1) is 5.92 Å². The molecule has 0 heterocycles. The Morgan fingerprint density at radius 1 is 1.32 bits per heavy atom. The lowest BCUT2D eigenvalue weighted by atomic mass is 9.91. The van der Waals surface area contributed by atoms with Crippen LogP contribution < -0.4 is 10.6 Å². The fourth-order valence-electron chi connectivity index (χ4n) is 2.82. The predicted molar refractivity (Wildman–Crippen MR) is 78.2 cm³/mol. The van der Waals surface area contributed by atoms with Crippen LogP contribution in [0.4, 0.5) is 0 Å². The second-order valence-electron chi connectivity index (χ2n) is 5.17. The van der Waals surface area contributed by atoms with Crippen molar-refractivity contribution in [1.29, 1.82) is 0 Å². The van der Waals surface area contributed by atoms with E-state index in [1.54, 1.807) is 7.05 Å². The van der Waals surface area contributed by atoms with Gasteiger partial charge in [0.1, 0.15) is 0 Å². The van der Waals surface area contributed by atoms with Crippen LogP contribution in [0.3, 0.4) is 0 Å². The summed E-state index contributed by atoms with van der Waals surface area (Å²) < 4.78 is 0. The molecule has 2 N–H and O–H groups in total. The number of carbonyl (C=O) groups is 1. The molecular formula is C15H21ClN2O. The Morgan fingerprint density at radius 3 is 2.53 bits per heavy atom. The summed E-state index contributed by atoms with van der Waals surface area (Å²) in [4.78, 5) is 11.9.